The van der Waals surface area contributed by atoms with Gasteiger partial charge in [-0.2, -0.15) is 0 Å². The number of phenolic OH excluding ortho intramolecular Hbond substituents is 1. The summed E-state index contributed by atoms with van der Waals surface area (Å²) in [7, 11) is 0. The molecule has 3 aromatic rings. The number of fused-ring (bicyclic) bond motifs is 1. The zero-order valence-corrected chi connectivity index (χ0v) is 16.7. The molecule has 0 saturated heterocycles. The first-order chi connectivity index (χ1) is 13.8. The number of benzene rings is 2. The van der Waals surface area contributed by atoms with Crippen molar-refractivity contribution in [2.45, 2.75) is 39.0 Å². The SMILES string of the molecule is CC(=O)Oc1c(C)n(C(=O)c2ccc(Cl)c(F)c2)c2ccc(O)c(C3CCC3)c12. The number of hydrogen-bond acceptors (Lipinski definition) is 4. The lowest BCUT2D eigenvalue weighted by molar-refractivity contribution is -0.131. The first-order valence-corrected chi connectivity index (χ1v) is 9.72. The molecular formula is C22H19ClFNO4. The average molecular weight is 416 g/mol. The number of carbonyl (C=O) groups is 2. The van der Waals surface area contributed by atoms with Crippen molar-refractivity contribution in [1.29, 1.82) is 0 Å². The highest BCUT2D eigenvalue weighted by atomic mass is 35.5. The Morgan fingerprint density at radius 1 is 1.24 bits per heavy atom. The van der Waals surface area contributed by atoms with Crippen LogP contribution in [0.4, 0.5) is 4.39 Å². The van der Waals surface area contributed by atoms with Gasteiger partial charge in [-0.05, 0) is 56.0 Å². The van der Waals surface area contributed by atoms with Gasteiger partial charge in [-0.25, -0.2) is 4.39 Å². The first-order valence-electron chi connectivity index (χ1n) is 9.34. The van der Waals surface area contributed by atoms with Crippen molar-refractivity contribution >= 4 is 34.4 Å². The molecule has 1 heterocycles. The Morgan fingerprint density at radius 2 is 1.97 bits per heavy atom. The van der Waals surface area contributed by atoms with Gasteiger partial charge >= 0.3 is 5.97 Å². The van der Waals surface area contributed by atoms with E-state index in [9.17, 15) is 19.1 Å². The second-order valence-electron chi connectivity index (χ2n) is 7.30. The quantitative estimate of drug-likeness (QED) is 0.587. The molecule has 1 saturated carbocycles. The summed E-state index contributed by atoms with van der Waals surface area (Å²) >= 11 is 5.74. The summed E-state index contributed by atoms with van der Waals surface area (Å²) in [6, 6.07) is 6.99. The number of rotatable bonds is 3. The van der Waals surface area contributed by atoms with Crippen LogP contribution in [0.3, 0.4) is 0 Å². The van der Waals surface area contributed by atoms with E-state index >= 15 is 0 Å². The number of halogens is 2. The van der Waals surface area contributed by atoms with Gasteiger partial charge in [0.1, 0.15) is 11.6 Å². The van der Waals surface area contributed by atoms with Crippen molar-refractivity contribution in [2.24, 2.45) is 0 Å². The molecule has 0 atom stereocenters. The summed E-state index contributed by atoms with van der Waals surface area (Å²) in [4.78, 5) is 25.0. The van der Waals surface area contributed by atoms with Gasteiger partial charge < -0.3 is 9.84 Å². The van der Waals surface area contributed by atoms with Crippen LogP contribution in [0.1, 0.15) is 53.7 Å². The van der Waals surface area contributed by atoms with Gasteiger partial charge in [0.15, 0.2) is 5.75 Å². The van der Waals surface area contributed by atoms with Gasteiger partial charge in [0.25, 0.3) is 5.91 Å². The fraction of sp³-hybridized carbons (Fsp3) is 0.273. The standard InChI is InChI=1S/C22H19ClFNO4/c1-11-21(29-12(2)26)20-17(8-9-18(27)19(20)13-4-3-5-13)25(11)22(28)14-6-7-15(23)16(24)10-14/h6-10,13,27H,3-5H2,1-2H3. The molecule has 1 fully saturated rings. The molecule has 1 N–H and O–H groups in total. The van der Waals surface area contributed by atoms with E-state index in [1.807, 2.05) is 0 Å². The second-order valence-corrected chi connectivity index (χ2v) is 7.71. The molecule has 1 aliphatic rings. The van der Waals surface area contributed by atoms with Crippen LogP contribution in [0.2, 0.25) is 5.02 Å². The zero-order valence-electron chi connectivity index (χ0n) is 16.0. The van der Waals surface area contributed by atoms with Crippen LogP contribution in [-0.4, -0.2) is 21.6 Å². The Hall–Kier alpha value is -2.86. The summed E-state index contributed by atoms with van der Waals surface area (Å²) in [5.41, 5.74) is 1.70. The molecule has 0 spiro atoms. The van der Waals surface area contributed by atoms with E-state index in [2.05, 4.69) is 0 Å². The highest BCUT2D eigenvalue weighted by Gasteiger charge is 2.31. The molecule has 2 aromatic carbocycles. The Kier molecular flexibility index (Phi) is 4.82. The molecule has 5 nitrogen and oxygen atoms in total. The van der Waals surface area contributed by atoms with Gasteiger partial charge in [-0.3, -0.25) is 14.2 Å². The van der Waals surface area contributed by atoms with Crippen molar-refractivity contribution in [3.8, 4) is 11.5 Å². The highest BCUT2D eigenvalue weighted by molar-refractivity contribution is 6.30. The third kappa shape index (κ3) is 3.17. The van der Waals surface area contributed by atoms with Crippen molar-refractivity contribution in [2.75, 3.05) is 0 Å². The Bertz CT molecular complexity index is 1160. The fourth-order valence-electron chi connectivity index (χ4n) is 3.88. The number of hydrogen-bond donors (Lipinski definition) is 1. The van der Waals surface area contributed by atoms with Crippen molar-refractivity contribution < 1.29 is 23.8 Å². The van der Waals surface area contributed by atoms with Crippen LogP contribution >= 0.6 is 11.6 Å². The molecular weight excluding hydrogens is 397 g/mol. The van der Waals surface area contributed by atoms with Gasteiger partial charge in [-0.15, -0.1) is 0 Å². The lowest BCUT2D eigenvalue weighted by atomic mass is 9.78. The van der Waals surface area contributed by atoms with Gasteiger partial charge in [0, 0.05) is 18.1 Å². The summed E-state index contributed by atoms with van der Waals surface area (Å²) in [6.07, 6.45) is 2.87. The highest BCUT2D eigenvalue weighted by Crippen LogP contribution is 2.48. The van der Waals surface area contributed by atoms with E-state index in [1.165, 1.54) is 23.6 Å². The maximum Gasteiger partial charge on any atom is 0.308 e. The van der Waals surface area contributed by atoms with E-state index < -0.39 is 17.7 Å². The van der Waals surface area contributed by atoms with Crippen LogP contribution < -0.4 is 4.74 Å². The molecule has 1 aliphatic carbocycles. The van der Waals surface area contributed by atoms with Crippen molar-refractivity contribution in [3.05, 3.63) is 58.0 Å². The van der Waals surface area contributed by atoms with Gasteiger partial charge in [-0.1, -0.05) is 18.0 Å². The number of aromatic nitrogens is 1. The Morgan fingerprint density at radius 3 is 2.55 bits per heavy atom. The van der Waals surface area contributed by atoms with Crippen LogP contribution in [0.15, 0.2) is 30.3 Å². The largest absolute Gasteiger partial charge is 0.508 e. The number of phenols is 1. The molecule has 7 heteroatoms. The van der Waals surface area contributed by atoms with Crippen molar-refractivity contribution in [1.82, 2.24) is 4.57 Å². The van der Waals surface area contributed by atoms with E-state index in [0.717, 1.165) is 25.3 Å². The van der Waals surface area contributed by atoms with Crippen LogP contribution in [0.5, 0.6) is 11.5 Å². The monoisotopic (exact) mass is 415 g/mol. The summed E-state index contributed by atoms with van der Waals surface area (Å²) in [6.45, 7) is 2.94. The van der Waals surface area contributed by atoms with Gasteiger partial charge in [0.05, 0.1) is 21.6 Å². The smallest absolute Gasteiger partial charge is 0.308 e. The van der Waals surface area contributed by atoms with Crippen LogP contribution in [0.25, 0.3) is 10.9 Å². The number of nitrogens with zero attached hydrogens (tertiary/aromatic N) is 1. The molecule has 4 rings (SSSR count). The Balaban J connectivity index is 1.99. The zero-order chi connectivity index (χ0) is 20.9. The summed E-state index contributed by atoms with van der Waals surface area (Å²) in [5.74, 6) is -1.22. The van der Waals surface area contributed by atoms with E-state index in [-0.39, 0.29) is 28.0 Å². The molecule has 29 heavy (non-hydrogen) atoms. The van der Waals surface area contributed by atoms with Crippen LogP contribution in [-0.2, 0) is 4.79 Å². The number of aromatic hydroxyl groups is 1. The third-order valence-electron chi connectivity index (χ3n) is 5.46. The molecule has 0 radical (unpaired) electrons. The third-order valence-corrected chi connectivity index (χ3v) is 5.77. The number of ether oxygens (including phenoxy) is 1. The summed E-state index contributed by atoms with van der Waals surface area (Å²) in [5, 5.41) is 11.0. The van der Waals surface area contributed by atoms with E-state index in [0.29, 0.717) is 22.2 Å². The van der Waals surface area contributed by atoms with E-state index in [1.54, 1.807) is 19.1 Å². The molecule has 0 amide bonds. The van der Waals surface area contributed by atoms with Crippen LogP contribution in [0, 0.1) is 12.7 Å². The fourth-order valence-corrected chi connectivity index (χ4v) is 4.00. The summed E-state index contributed by atoms with van der Waals surface area (Å²) < 4.78 is 20.8. The molecule has 0 bridgehead atoms. The maximum atomic E-state index is 13.9. The maximum absolute atomic E-state index is 13.9. The van der Waals surface area contributed by atoms with Gasteiger partial charge in [0.2, 0.25) is 0 Å². The molecule has 150 valence electrons. The predicted octanol–water partition coefficient (Wildman–Crippen LogP) is 5.33. The predicted molar refractivity (Wildman–Crippen MR) is 107 cm³/mol. The van der Waals surface area contributed by atoms with E-state index in [4.69, 9.17) is 16.3 Å². The average Bonchev–Trinajstić information content (AvgIpc) is 2.89. The first kappa shape index (κ1) is 19.5. The second kappa shape index (κ2) is 7.19. The topological polar surface area (TPSA) is 68.5 Å². The minimum atomic E-state index is -0.695. The van der Waals surface area contributed by atoms with Crippen molar-refractivity contribution in [3.63, 3.8) is 0 Å². The number of carbonyl (C=O) groups excluding carboxylic acids is 2. The normalized spacial score (nSPS) is 14.1. The lowest BCUT2D eigenvalue weighted by Gasteiger charge is -2.27. The Labute approximate surface area is 171 Å². The number of esters is 1. The molecule has 0 aliphatic heterocycles. The minimum absolute atomic E-state index is 0.0755. The lowest BCUT2D eigenvalue weighted by Crippen LogP contribution is -2.14. The molecule has 0 unspecified atom stereocenters. The minimum Gasteiger partial charge on any atom is -0.508 e. The molecule has 1 aromatic heterocycles.